The van der Waals surface area contributed by atoms with Gasteiger partial charge in [-0.15, -0.1) is 9.98 Å². The van der Waals surface area contributed by atoms with E-state index >= 15 is 0 Å². The molecule has 2 unspecified atom stereocenters. The van der Waals surface area contributed by atoms with Gasteiger partial charge in [0.1, 0.15) is 0 Å². The van der Waals surface area contributed by atoms with Gasteiger partial charge in [-0.2, -0.15) is 10.5 Å². The van der Waals surface area contributed by atoms with E-state index in [4.69, 9.17) is 22.0 Å². The molecule has 0 saturated carbocycles. The lowest BCUT2D eigenvalue weighted by Gasteiger charge is -2.44. The van der Waals surface area contributed by atoms with Crippen LogP contribution >= 0.6 is 0 Å². The third-order valence-electron chi connectivity index (χ3n) is 2.90. The summed E-state index contributed by atoms with van der Waals surface area (Å²) in [6.07, 6.45) is 3.34. The molecule has 8 nitrogen and oxygen atoms in total. The number of aliphatic imine (C=N–C) groups is 2. The zero-order valence-corrected chi connectivity index (χ0v) is 10.4. The van der Waals surface area contributed by atoms with E-state index in [-0.39, 0.29) is 24.0 Å². The number of nitrogens with zero attached hydrogens (tertiary/aromatic N) is 6. The van der Waals surface area contributed by atoms with Crippen molar-refractivity contribution in [2.75, 3.05) is 13.1 Å². The van der Waals surface area contributed by atoms with Crippen molar-refractivity contribution in [1.29, 1.82) is 10.5 Å². The number of nitrogens with two attached hydrogens (primary N) is 2. The van der Waals surface area contributed by atoms with Gasteiger partial charge in [0.25, 0.3) is 0 Å². The first kappa shape index (κ1) is 13.6. The predicted octanol–water partition coefficient (Wildman–Crippen LogP) is -1.03. The van der Waals surface area contributed by atoms with Gasteiger partial charge in [0, 0.05) is 25.2 Å². The zero-order chi connectivity index (χ0) is 13.7. The normalized spacial score (nSPS) is 25.6. The van der Waals surface area contributed by atoms with E-state index in [0.717, 1.165) is 0 Å². The van der Waals surface area contributed by atoms with Gasteiger partial charge in [0.15, 0.2) is 0 Å². The second-order valence-corrected chi connectivity index (χ2v) is 4.14. The molecule has 1 aliphatic rings. The van der Waals surface area contributed by atoms with Crippen LogP contribution in [0, 0.1) is 22.9 Å². The van der Waals surface area contributed by atoms with Crippen LogP contribution in [0.2, 0.25) is 0 Å². The Morgan fingerprint density at radius 2 is 1.33 bits per heavy atom. The van der Waals surface area contributed by atoms with Crippen LogP contribution in [0.1, 0.15) is 13.8 Å². The fourth-order valence-electron chi connectivity index (χ4n) is 2.00. The number of hydrogen-bond acceptors (Lipinski definition) is 4. The van der Waals surface area contributed by atoms with E-state index in [1.807, 2.05) is 23.6 Å². The van der Waals surface area contributed by atoms with Crippen LogP contribution < -0.4 is 11.5 Å². The highest BCUT2D eigenvalue weighted by Gasteiger charge is 2.31. The quantitative estimate of drug-likeness (QED) is 0.320. The molecule has 0 bridgehead atoms. The third kappa shape index (κ3) is 2.80. The second kappa shape index (κ2) is 5.73. The zero-order valence-electron chi connectivity index (χ0n) is 10.4. The molecule has 1 saturated heterocycles. The Kier molecular flexibility index (Phi) is 4.33. The van der Waals surface area contributed by atoms with Crippen LogP contribution in [-0.2, 0) is 0 Å². The van der Waals surface area contributed by atoms with Crippen molar-refractivity contribution in [2.24, 2.45) is 21.5 Å². The van der Waals surface area contributed by atoms with Crippen molar-refractivity contribution >= 4 is 11.9 Å². The molecule has 4 N–H and O–H groups in total. The lowest BCUT2D eigenvalue weighted by Crippen LogP contribution is -2.62. The summed E-state index contributed by atoms with van der Waals surface area (Å²) in [5, 5.41) is 17.0. The predicted molar refractivity (Wildman–Crippen MR) is 66.8 cm³/mol. The van der Waals surface area contributed by atoms with Crippen LogP contribution in [0.5, 0.6) is 0 Å². The lowest BCUT2D eigenvalue weighted by atomic mass is 10.1. The minimum absolute atomic E-state index is 0.0331. The van der Waals surface area contributed by atoms with Gasteiger partial charge in [-0.25, -0.2) is 0 Å². The first-order chi connectivity index (χ1) is 8.51. The summed E-state index contributed by atoms with van der Waals surface area (Å²) in [6, 6.07) is 0.0662. The van der Waals surface area contributed by atoms with Gasteiger partial charge in [0.2, 0.25) is 24.3 Å². The molecule has 0 radical (unpaired) electrons. The SMILES string of the molecule is CC1CN(C(N)=NC#N)C(C)CN1C(N)=NC#N. The monoisotopic (exact) mass is 248 g/mol. The molecule has 8 heteroatoms. The Morgan fingerprint density at radius 1 is 1.00 bits per heavy atom. The van der Waals surface area contributed by atoms with E-state index < -0.39 is 0 Å². The lowest BCUT2D eigenvalue weighted by molar-refractivity contribution is 0.143. The number of nitriles is 2. The van der Waals surface area contributed by atoms with Crippen LogP contribution in [0.15, 0.2) is 9.98 Å². The van der Waals surface area contributed by atoms with Crippen molar-refractivity contribution in [1.82, 2.24) is 9.80 Å². The van der Waals surface area contributed by atoms with Crippen molar-refractivity contribution in [3.05, 3.63) is 0 Å². The summed E-state index contributed by atoms with van der Waals surface area (Å²) in [5.41, 5.74) is 11.4. The van der Waals surface area contributed by atoms with Crippen molar-refractivity contribution in [3.63, 3.8) is 0 Å². The maximum Gasteiger partial charge on any atom is 0.209 e. The van der Waals surface area contributed by atoms with E-state index in [9.17, 15) is 0 Å². The van der Waals surface area contributed by atoms with Gasteiger partial charge in [-0.1, -0.05) is 0 Å². The Balaban J connectivity index is 2.84. The average molecular weight is 248 g/mol. The topological polar surface area (TPSA) is 131 Å². The molecular weight excluding hydrogens is 232 g/mol. The molecule has 96 valence electrons. The van der Waals surface area contributed by atoms with E-state index in [1.54, 1.807) is 12.4 Å². The van der Waals surface area contributed by atoms with Crippen molar-refractivity contribution in [2.45, 2.75) is 25.9 Å². The highest BCUT2D eigenvalue weighted by Crippen LogP contribution is 2.14. The molecule has 1 fully saturated rings. The van der Waals surface area contributed by atoms with Gasteiger partial charge in [-0.05, 0) is 13.8 Å². The number of rotatable bonds is 0. The van der Waals surface area contributed by atoms with Crippen LogP contribution in [0.3, 0.4) is 0 Å². The highest BCUT2D eigenvalue weighted by molar-refractivity contribution is 5.81. The summed E-state index contributed by atoms with van der Waals surface area (Å²) in [4.78, 5) is 10.7. The van der Waals surface area contributed by atoms with Gasteiger partial charge < -0.3 is 21.3 Å². The van der Waals surface area contributed by atoms with Gasteiger partial charge in [0.05, 0.1) is 0 Å². The number of hydrogen-bond donors (Lipinski definition) is 2. The molecule has 2 atom stereocenters. The summed E-state index contributed by atoms with van der Waals surface area (Å²) in [6.45, 7) is 5.02. The molecule has 0 aromatic rings. The summed E-state index contributed by atoms with van der Waals surface area (Å²) < 4.78 is 0. The van der Waals surface area contributed by atoms with Crippen molar-refractivity contribution < 1.29 is 0 Å². The Hall–Kier alpha value is -2.48. The van der Waals surface area contributed by atoms with Crippen LogP contribution in [-0.4, -0.2) is 46.9 Å². The number of piperazine rings is 1. The fourth-order valence-corrected chi connectivity index (χ4v) is 2.00. The minimum atomic E-state index is 0.0331. The largest absolute Gasteiger partial charge is 0.369 e. The summed E-state index contributed by atoms with van der Waals surface area (Å²) in [5.74, 6) is 0.402. The molecule has 1 rings (SSSR count). The first-order valence-electron chi connectivity index (χ1n) is 5.49. The van der Waals surface area contributed by atoms with Gasteiger partial charge >= 0.3 is 0 Å². The van der Waals surface area contributed by atoms with E-state index in [0.29, 0.717) is 13.1 Å². The smallest absolute Gasteiger partial charge is 0.209 e. The Morgan fingerprint density at radius 3 is 1.61 bits per heavy atom. The standard InChI is InChI=1S/C10H16N8/c1-7-3-18(10(14)16-6-12)8(2)4-17(7)9(13)15-5-11/h7-8H,3-4H2,1-2H3,(H2,13,15)(H2,14,16). The molecule has 0 aromatic carbocycles. The van der Waals surface area contributed by atoms with Gasteiger partial charge in [-0.3, -0.25) is 0 Å². The summed E-state index contributed by atoms with van der Waals surface area (Å²) >= 11 is 0. The molecule has 1 heterocycles. The first-order valence-corrected chi connectivity index (χ1v) is 5.49. The molecule has 0 amide bonds. The van der Waals surface area contributed by atoms with Crippen molar-refractivity contribution in [3.8, 4) is 12.4 Å². The second-order valence-electron chi connectivity index (χ2n) is 4.14. The average Bonchev–Trinajstić information content (AvgIpc) is 2.32. The maximum atomic E-state index is 8.50. The molecule has 1 aliphatic heterocycles. The van der Waals surface area contributed by atoms with E-state index in [2.05, 4.69) is 9.98 Å². The maximum absolute atomic E-state index is 8.50. The Bertz CT molecular complexity index is 398. The molecule has 0 spiro atoms. The minimum Gasteiger partial charge on any atom is -0.369 e. The van der Waals surface area contributed by atoms with Crippen LogP contribution in [0.25, 0.3) is 0 Å². The summed E-state index contributed by atoms with van der Waals surface area (Å²) in [7, 11) is 0. The molecular formula is C10H16N8. The van der Waals surface area contributed by atoms with E-state index in [1.165, 1.54) is 0 Å². The Labute approximate surface area is 106 Å². The molecule has 18 heavy (non-hydrogen) atoms. The molecule has 0 aliphatic carbocycles. The number of guanidine groups is 2. The van der Waals surface area contributed by atoms with Crippen LogP contribution in [0.4, 0.5) is 0 Å². The fraction of sp³-hybridized carbons (Fsp3) is 0.600. The highest BCUT2D eigenvalue weighted by atomic mass is 15.4. The molecule has 0 aromatic heterocycles. The third-order valence-corrected chi connectivity index (χ3v) is 2.90.